The van der Waals surface area contributed by atoms with Gasteiger partial charge in [-0.2, -0.15) is 0 Å². The van der Waals surface area contributed by atoms with E-state index in [0.29, 0.717) is 24.4 Å². The Labute approximate surface area is 205 Å². The molecule has 5 rings (SSSR count). The molecule has 2 aromatic rings. The fourth-order valence-electron chi connectivity index (χ4n) is 5.25. The van der Waals surface area contributed by atoms with Gasteiger partial charge in [0.2, 0.25) is 5.91 Å². The van der Waals surface area contributed by atoms with Crippen molar-refractivity contribution in [3.8, 4) is 0 Å². The molecular formula is C28H30N4O3. The van der Waals surface area contributed by atoms with Gasteiger partial charge in [0.05, 0.1) is 23.9 Å². The van der Waals surface area contributed by atoms with Gasteiger partial charge < -0.3 is 15.1 Å². The number of carbonyl (C=O) groups is 3. The maximum atomic E-state index is 14.1. The summed E-state index contributed by atoms with van der Waals surface area (Å²) in [6, 6.07) is 15.7. The predicted molar refractivity (Wildman–Crippen MR) is 133 cm³/mol. The molecule has 0 aliphatic carbocycles. The number of rotatable bonds is 6. The van der Waals surface area contributed by atoms with Crippen molar-refractivity contribution < 1.29 is 14.4 Å². The van der Waals surface area contributed by atoms with E-state index < -0.39 is 12.1 Å². The molecule has 0 spiro atoms. The number of benzene rings is 2. The zero-order chi connectivity index (χ0) is 24.5. The first-order valence-corrected chi connectivity index (χ1v) is 12.1. The van der Waals surface area contributed by atoms with Gasteiger partial charge in [0, 0.05) is 19.6 Å². The highest BCUT2D eigenvalue weighted by Crippen LogP contribution is 2.40. The number of amides is 4. The van der Waals surface area contributed by atoms with Crippen molar-refractivity contribution in [1.82, 2.24) is 20.0 Å². The lowest BCUT2D eigenvalue weighted by atomic mass is 9.94. The topological polar surface area (TPSA) is 73.0 Å². The molecule has 4 amide bonds. The molecule has 7 nitrogen and oxygen atoms in total. The van der Waals surface area contributed by atoms with Crippen molar-refractivity contribution >= 4 is 17.8 Å². The maximum absolute atomic E-state index is 14.1. The van der Waals surface area contributed by atoms with Gasteiger partial charge in [-0.1, -0.05) is 66.2 Å². The number of urea groups is 1. The van der Waals surface area contributed by atoms with Crippen LogP contribution in [0.25, 0.3) is 0 Å². The molecule has 180 valence electrons. The van der Waals surface area contributed by atoms with E-state index >= 15 is 0 Å². The fraction of sp³-hybridized carbons (Fsp3) is 0.321. The third-order valence-electron chi connectivity index (χ3n) is 7.05. The molecule has 35 heavy (non-hydrogen) atoms. The van der Waals surface area contributed by atoms with Crippen molar-refractivity contribution in [2.75, 3.05) is 26.2 Å². The summed E-state index contributed by atoms with van der Waals surface area (Å²) >= 11 is 0. The maximum Gasteiger partial charge on any atom is 0.322 e. The van der Waals surface area contributed by atoms with Crippen molar-refractivity contribution in [3.63, 3.8) is 0 Å². The van der Waals surface area contributed by atoms with Crippen LogP contribution in [0.4, 0.5) is 4.79 Å². The van der Waals surface area contributed by atoms with Crippen LogP contribution in [-0.4, -0.2) is 58.7 Å². The minimum atomic E-state index is -0.744. The minimum absolute atomic E-state index is 0.0664. The fourth-order valence-corrected chi connectivity index (χ4v) is 5.25. The Morgan fingerprint density at radius 3 is 2.43 bits per heavy atom. The van der Waals surface area contributed by atoms with Crippen molar-refractivity contribution in [3.05, 3.63) is 95.2 Å². The highest BCUT2D eigenvalue weighted by Gasteiger charge is 2.48. The van der Waals surface area contributed by atoms with E-state index in [9.17, 15) is 14.4 Å². The van der Waals surface area contributed by atoms with Crippen LogP contribution in [0.5, 0.6) is 0 Å². The Kier molecular flexibility index (Phi) is 6.16. The smallest absolute Gasteiger partial charge is 0.322 e. The number of hydrogen-bond donors (Lipinski definition) is 1. The van der Waals surface area contributed by atoms with E-state index in [1.54, 1.807) is 15.9 Å². The Bertz CT molecular complexity index is 1180. The van der Waals surface area contributed by atoms with Crippen molar-refractivity contribution in [2.45, 2.75) is 31.8 Å². The van der Waals surface area contributed by atoms with Gasteiger partial charge in [0.25, 0.3) is 5.91 Å². The van der Waals surface area contributed by atoms with E-state index in [1.807, 2.05) is 66.4 Å². The minimum Gasteiger partial charge on any atom is -0.341 e. The number of hydrogen-bond acceptors (Lipinski definition) is 3. The number of nitrogens with zero attached hydrogens (tertiary/aromatic N) is 3. The zero-order valence-corrected chi connectivity index (χ0v) is 19.9. The molecule has 1 saturated heterocycles. The van der Waals surface area contributed by atoms with Crippen LogP contribution in [0.15, 0.2) is 78.5 Å². The molecule has 0 saturated carbocycles. The highest BCUT2D eigenvalue weighted by molar-refractivity contribution is 6.04. The predicted octanol–water partition coefficient (Wildman–Crippen LogP) is 3.71. The van der Waals surface area contributed by atoms with Crippen molar-refractivity contribution in [1.29, 1.82) is 0 Å². The lowest BCUT2D eigenvalue weighted by Crippen LogP contribution is -2.47. The SMILES string of the molecule is C=CCN1C(=O)NC(c2ccc(C)cc2)C2=C1CN(C(C(=O)N1CCCC1)c1ccccc1)C2=O. The van der Waals surface area contributed by atoms with Gasteiger partial charge in [-0.05, 0) is 30.9 Å². The van der Waals surface area contributed by atoms with Gasteiger partial charge >= 0.3 is 6.03 Å². The molecule has 2 atom stereocenters. The number of likely N-dealkylation sites (tertiary alicyclic amines) is 1. The molecule has 3 heterocycles. The molecule has 7 heteroatoms. The summed E-state index contributed by atoms with van der Waals surface area (Å²) in [4.78, 5) is 46.0. The first kappa shape index (κ1) is 22.9. The number of carbonyl (C=O) groups excluding carboxylic acids is 3. The lowest BCUT2D eigenvalue weighted by molar-refractivity contribution is -0.142. The molecule has 0 aromatic heterocycles. The second-order valence-corrected chi connectivity index (χ2v) is 9.33. The first-order chi connectivity index (χ1) is 17.0. The normalized spacial score (nSPS) is 20.7. The first-order valence-electron chi connectivity index (χ1n) is 12.1. The second-order valence-electron chi connectivity index (χ2n) is 9.33. The molecule has 2 aromatic carbocycles. The quantitative estimate of drug-likeness (QED) is 0.655. The summed E-state index contributed by atoms with van der Waals surface area (Å²) in [6.07, 6.45) is 3.58. The Morgan fingerprint density at radius 1 is 1.09 bits per heavy atom. The summed E-state index contributed by atoms with van der Waals surface area (Å²) in [6.45, 7) is 7.66. The largest absolute Gasteiger partial charge is 0.341 e. The molecule has 1 N–H and O–H groups in total. The Hall–Kier alpha value is -3.87. The van der Waals surface area contributed by atoms with E-state index in [4.69, 9.17) is 0 Å². The van der Waals surface area contributed by atoms with E-state index in [0.717, 1.165) is 29.5 Å². The standard InChI is InChI=1S/C28H30N4O3/c1-3-15-31-22-18-32(25(21-9-5-4-6-10-21)27(34)30-16-7-8-17-30)26(33)23(22)24(29-28(31)35)20-13-11-19(2)12-14-20/h3-6,9-14,24-25H,1,7-8,15-18H2,2H3,(H,29,35). The van der Waals surface area contributed by atoms with Crippen LogP contribution in [0.1, 0.15) is 41.6 Å². The van der Waals surface area contributed by atoms with Crippen molar-refractivity contribution in [2.24, 2.45) is 0 Å². The second kappa shape index (κ2) is 9.41. The third-order valence-corrected chi connectivity index (χ3v) is 7.05. The van der Waals surface area contributed by atoms with E-state index in [2.05, 4.69) is 11.9 Å². The lowest BCUT2D eigenvalue weighted by Gasteiger charge is -2.33. The summed E-state index contributed by atoms with van der Waals surface area (Å²) in [5.74, 6) is -0.288. The van der Waals surface area contributed by atoms with E-state index in [-0.39, 0.29) is 30.9 Å². The summed E-state index contributed by atoms with van der Waals surface area (Å²) in [5, 5.41) is 3.01. The molecule has 2 unspecified atom stereocenters. The van der Waals surface area contributed by atoms with Crippen LogP contribution in [0.2, 0.25) is 0 Å². The third kappa shape index (κ3) is 4.11. The number of nitrogens with one attached hydrogen (secondary N) is 1. The van der Waals surface area contributed by atoms with Crippen LogP contribution in [0.3, 0.4) is 0 Å². The van der Waals surface area contributed by atoms with Crippen LogP contribution in [0, 0.1) is 6.92 Å². The molecule has 1 fully saturated rings. The molecular weight excluding hydrogens is 440 g/mol. The molecule has 0 radical (unpaired) electrons. The Balaban J connectivity index is 1.57. The van der Waals surface area contributed by atoms with Gasteiger partial charge in [-0.25, -0.2) is 4.79 Å². The van der Waals surface area contributed by atoms with Crippen LogP contribution < -0.4 is 5.32 Å². The van der Waals surface area contributed by atoms with Gasteiger partial charge in [0.1, 0.15) is 6.04 Å². The van der Waals surface area contributed by atoms with Crippen LogP contribution >= 0.6 is 0 Å². The summed E-state index contributed by atoms with van der Waals surface area (Å²) in [7, 11) is 0. The summed E-state index contributed by atoms with van der Waals surface area (Å²) in [5.41, 5.74) is 3.87. The Morgan fingerprint density at radius 2 is 1.77 bits per heavy atom. The van der Waals surface area contributed by atoms with Crippen LogP contribution in [-0.2, 0) is 9.59 Å². The monoisotopic (exact) mass is 470 g/mol. The van der Waals surface area contributed by atoms with Gasteiger partial charge in [-0.3, -0.25) is 14.5 Å². The van der Waals surface area contributed by atoms with Gasteiger partial charge in [-0.15, -0.1) is 6.58 Å². The molecule has 3 aliphatic heterocycles. The highest BCUT2D eigenvalue weighted by atomic mass is 16.2. The molecule has 0 bridgehead atoms. The molecule has 3 aliphatic rings. The number of aryl methyl sites for hydroxylation is 1. The zero-order valence-electron chi connectivity index (χ0n) is 19.9. The average Bonchev–Trinajstić information content (AvgIpc) is 3.52. The summed E-state index contributed by atoms with van der Waals surface area (Å²) < 4.78 is 0. The average molecular weight is 471 g/mol. The van der Waals surface area contributed by atoms with Gasteiger partial charge in [0.15, 0.2) is 0 Å². The van der Waals surface area contributed by atoms with E-state index in [1.165, 1.54) is 0 Å².